The van der Waals surface area contributed by atoms with E-state index >= 15 is 0 Å². The average molecular weight is 290 g/mol. The number of carbonyl (C=O) groups excluding carboxylic acids is 1. The lowest BCUT2D eigenvalue weighted by molar-refractivity contribution is 0.112. The van der Waals surface area contributed by atoms with E-state index in [0.717, 1.165) is 11.3 Å². The summed E-state index contributed by atoms with van der Waals surface area (Å²) in [5, 5.41) is 0. The van der Waals surface area contributed by atoms with Gasteiger partial charge in [0, 0.05) is 15.2 Å². The Kier molecular flexibility index (Phi) is 2.92. The fourth-order valence-electron chi connectivity index (χ4n) is 0.562. The van der Waals surface area contributed by atoms with Crippen molar-refractivity contribution in [3.63, 3.8) is 0 Å². The van der Waals surface area contributed by atoms with Gasteiger partial charge < -0.3 is 0 Å². The number of hydrogen-bond donors (Lipinski definition) is 0. The number of thiophene rings is 1. The van der Waals surface area contributed by atoms with E-state index in [1.54, 1.807) is 0 Å². The summed E-state index contributed by atoms with van der Waals surface area (Å²) in [4.78, 5) is 10.6. The predicted molar refractivity (Wildman–Crippen MR) is 50.4 cm³/mol. The Bertz CT molecular complexity index is 408. The number of hydrogen-bond acceptors (Lipinski definition) is 4. The molecule has 0 aliphatic rings. The Labute approximate surface area is 85.9 Å². The average Bonchev–Trinajstić information content (AvgIpc) is 2.29. The standard InChI is InChI=1S/C5H2BrClO3S2/c6-3-1-5(12(7,9)10)11-4(3)2-8/h1-2H. The van der Waals surface area contributed by atoms with E-state index in [2.05, 4.69) is 15.9 Å². The largest absolute Gasteiger partial charge is 0.297 e. The molecular formula is C5H2BrClO3S2. The van der Waals surface area contributed by atoms with Crippen LogP contribution in [0.3, 0.4) is 0 Å². The molecule has 0 saturated heterocycles. The second-order valence-electron chi connectivity index (χ2n) is 1.83. The summed E-state index contributed by atoms with van der Waals surface area (Å²) in [5.41, 5.74) is 0. The van der Waals surface area contributed by atoms with Crippen molar-refractivity contribution in [3.05, 3.63) is 15.4 Å². The molecule has 0 bridgehead atoms. The van der Waals surface area contributed by atoms with Gasteiger partial charge in [-0.15, -0.1) is 11.3 Å². The fourth-order valence-corrected chi connectivity index (χ4v) is 3.37. The molecule has 7 heteroatoms. The predicted octanol–water partition coefficient (Wildman–Crippen LogP) is 2.25. The van der Waals surface area contributed by atoms with Crippen LogP contribution in [-0.4, -0.2) is 14.7 Å². The van der Waals surface area contributed by atoms with Crippen LogP contribution < -0.4 is 0 Å². The molecule has 0 fully saturated rings. The zero-order valence-corrected chi connectivity index (χ0v) is 9.43. The number of rotatable bonds is 2. The lowest BCUT2D eigenvalue weighted by Crippen LogP contribution is -1.83. The smallest absolute Gasteiger partial charge is 0.270 e. The Balaban J connectivity index is 3.32. The topological polar surface area (TPSA) is 51.2 Å². The van der Waals surface area contributed by atoms with Gasteiger partial charge in [0.25, 0.3) is 9.05 Å². The molecule has 0 N–H and O–H groups in total. The van der Waals surface area contributed by atoms with E-state index in [1.165, 1.54) is 6.07 Å². The molecular weight excluding hydrogens is 288 g/mol. The van der Waals surface area contributed by atoms with Gasteiger partial charge in [-0.3, -0.25) is 4.79 Å². The molecule has 0 aliphatic heterocycles. The maximum absolute atomic E-state index is 10.8. The van der Waals surface area contributed by atoms with Gasteiger partial charge in [0.2, 0.25) is 0 Å². The van der Waals surface area contributed by atoms with Crippen molar-refractivity contribution < 1.29 is 13.2 Å². The van der Waals surface area contributed by atoms with Crippen molar-refractivity contribution >= 4 is 53.3 Å². The van der Waals surface area contributed by atoms with Crippen LogP contribution in [0.5, 0.6) is 0 Å². The fraction of sp³-hybridized carbons (Fsp3) is 0. The molecule has 0 aromatic carbocycles. The molecule has 1 aromatic heterocycles. The van der Waals surface area contributed by atoms with Crippen LogP contribution in [0.15, 0.2) is 14.7 Å². The summed E-state index contributed by atoms with van der Waals surface area (Å²) in [5.74, 6) is 0. The van der Waals surface area contributed by atoms with Gasteiger partial charge in [-0.2, -0.15) is 0 Å². The summed E-state index contributed by atoms with van der Waals surface area (Å²) in [7, 11) is 1.33. The van der Waals surface area contributed by atoms with E-state index in [0.29, 0.717) is 15.6 Å². The van der Waals surface area contributed by atoms with Crippen molar-refractivity contribution in [3.8, 4) is 0 Å². The van der Waals surface area contributed by atoms with Gasteiger partial charge in [0.15, 0.2) is 6.29 Å². The Morgan fingerprint density at radius 3 is 2.42 bits per heavy atom. The van der Waals surface area contributed by atoms with Gasteiger partial charge in [-0.1, -0.05) is 0 Å². The van der Waals surface area contributed by atoms with Crippen LogP contribution in [0.1, 0.15) is 9.67 Å². The highest BCUT2D eigenvalue weighted by molar-refractivity contribution is 9.10. The van der Waals surface area contributed by atoms with Crippen LogP contribution in [0.25, 0.3) is 0 Å². The first-order valence-corrected chi connectivity index (χ1v) is 6.56. The van der Waals surface area contributed by atoms with Crippen molar-refractivity contribution in [2.75, 3.05) is 0 Å². The normalized spacial score (nSPS) is 11.5. The highest BCUT2D eigenvalue weighted by atomic mass is 79.9. The van der Waals surface area contributed by atoms with Gasteiger partial charge in [0.05, 0.1) is 4.88 Å². The van der Waals surface area contributed by atoms with E-state index in [4.69, 9.17) is 10.7 Å². The van der Waals surface area contributed by atoms with Crippen LogP contribution >= 0.6 is 37.9 Å². The monoisotopic (exact) mass is 288 g/mol. The Morgan fingerprint density at radius 2 is 2.17 bits per heavy atom. The number of aldehydes is 1. The van der Waals surface area contributed by atoms with E-state index < -0.39 is 9.05 Å². The molecule has 0 radical (unpaired) electrons. The minimum atomic E-state index is -3.71. The number of halogens is 2. The minimum Gasteiger partial charge on any atom is -0.297 e. The molecule has 0 unspecified atom stereocenters. The first-order chi connectivity index (χ1) is 5.45. The molecule has 1 rings (SSSR count). The molecule has 1 aromatic rings. The summed E-state index contributed by atoms with van der Waals surface area (Å²) >= 11 is 3.86. The number of carbonyl (C=O) groups is 1. The Morgan fingerprint density at radius 1 is 1.58 bits per heavy atom. The molecule has 0 saturated carbocycles. The van der Waals surface area contributed by atoms with Gasteiger partial charge in [-0.25, -0.2) is 8.42 Å². The van der Waals surface area contributed by atoms with Gasteiger partial charge in [0.1, 0.15) is 4.21 Å². The van der Waals surface area contributed by atoms with Crippen LogP contribution in [0.2, 0.25) is 0 Å². The molecule has 12 heavy (non-hydrogen) atoms. The van der Waals surface area contributed by atoms with Crippen molar-refractivity contribution in [1.82, 2.24) is 0 Å². The zero-order chi connectivity index (χ0) is 9.35. The molecule has 0 aliphatic carbocycles. The maximum atomic E-state index is 10.8. The van der Waals surface area contributed by atoms with Gasteiger partial charge >= 0.3 is 0 Å². The SMILES string of the molecule is O=Cc1sc(S(=O)(=O)Cl)cc1Br. The first-order valence-electron chi connectivity index (χ1n) is 2.64. The molecule has 66 valence electrons. The second kappa shape index (κ2) is 3.45. The van der Waals surface area contributed by atoms with Crippen molar-refractivity contribution in [1.29, 1.82) is 0 Å². The first kappa shape index (κ1) is 10.2. The summed E-state index contributed by atoms with van der Waals surface area (Å²) in [6.45, 7) is 0. The van der Waals surface area contributed by atoms with Crippen LogP contribution in [-0.2, 0) is 9.05 Å². The van der Waals surface area contributed by atoms with Gasteiger partial charge in [-0.05, 0) is 22.0 Å². The highest BCUT2D eigenvalue weighted by Gasteiger charge is 2.16. The minimum absolute atomic E-state index is 0.0295. The summed E-state index contributed by atoms with van der Waals surface area (Å²) in [6, 6.07) is 1.30. The summed E-state index contributed by atoms with van der Waals surface area (Å²) in [6.07, 6.45) is 0.570. The lowest BCUT2D eigenvalue weighted by Gasteiger charge is -1.83. The van der Waals surface area contributed by atoms with Crippen LogP contribution in [0.4, 0.5) is 0 Å². The molecule has 0 atom stereocenters. The van der Waals surface area contributed by atoms with E-state index in [-0.39, 0.29) is 4.21 Å². The third kappa shape index (κ3) is 2.07. The quantitative estimate of drug-likeness (QED) is 0.620. The third-order valence-corrected chi connectivity index (χ3v) is 5.09. The molecule has 0 amide bonds. The molecule has 3 nitrogen and oxygen atoms in total. The lowest BCUT2D eigenvalue weighted by atomic mass is 10.5. The summed E-state index contributed by atoms with van der Waals surface area (Å²) < 4.78 is 21.9. The van der Waals surface area contributed by atoms with Crippen LogP contribution in [0, 0.1) is 0 Å². The maximum Gasteiger partial charge on any atom is 0.270 e. The van der Waals surface area contributed by atoms with Crippen molar-refractivity contribution in [2.45, 2.75) is 4.21 Å². The molecule has 0 spiro atoms. The second-order valence-corrected chi connectivity index (χ2v) is 6.56. The van der Waals surface area contributed by atoms with E-state index in [1.807, 2.05) is 0 Å². The Hall–Kier alpha value is 0.0900. The highest BCUT2D eigenvalue weighted by Crippen LogP contribution is 2.30. The van der Waals surface area contributed by atoms with Crippen molar-refractivity contribution in [2.24, 2.45) is 0 Å². The third-order valence-electron chi connectivity index (χ3n) is 1.04. The molecule has 1 heterocycles. The zero-order valence-electron chi connectivity index (χ0n) is 5.45. The van der Waals surface area contributed by atoms with E-state index in [9.17, 15) is 13.2 Å².